The number of carbonyl (C=O) groups excluding carboxylic acids is 1. The van der Waals surface area contributed by atoms with Crippen molar-refractivity contribution in [3.8, 4) is 0 Å². The van der Waals surface area contributed by atoms with Crippen molar-refractivity contribution in [2.75, 3.05) is 6.54 Å². The van der Waals surface area contributed by atoms with E-state index < -0.39 is 12.0 Å². The van der Waals surface area contributed by atoms with Crippen molar-refractivity contribution in [3.63, 3.8) is 0 Å². The molecule has 0 saturated carbocycles. The second kappa shape index (κ2) is 9.88. The summed E-state index contributed by atoms with van der Waals surface area (Å²) >= 11 is 0. The van der Waals surface area contributed by atoms with Gasteiger partial charge in [-0.1, -0.05) is 26.7 Å². The van der Waals surface area contributed by atoms with Gasteiger partial charge in [-0.2, -0.15) is 0 Å². The maximum atomic E-state index is 11.6. The predicted octanol–water partition coefficient (Wildman–Crippen LogP) is 1.51. The zero-order valence-electron chi connectivity index (χ0n) is 11.4. The molecular weight excluding hydrogens is 232 g/mol. The van der Waals surface area contributed by atoms with Crippen LogP contribution in [0.2, 0.25) is 0 Å². The second-order valence-corrected chi connectivity index (χ2v) is 4.64. The smallest absolute Gasteiger partial charge is 0.326 e. The average molecular weight is 258 g/mol. The average Bonchev–Trinajstić information content (AvgIpc) is 2.33. The van der Waals surface area contributed by atoms with Crippen LogP contribution < -0.4 is 11.1 Å². The summed E-state index contributed by atoms with van der Waals surface area (Å²) in [6.45, 7) is 4.49. The molecule has 4 N–H and O–H groups in total. The number of rotatable bonds is 10. The van der Waals surface area contributed by atoms with E-state index in [0.717, 1.165) is 25.7 Å². The number of hydrogen-bond acceptors (Lipinski definition) is 3. The van der Waals surface area contributed by atoms with Crippen molar-refractivity contribution in [1.29, 1.82) is 0 Å². The summed E-state index contributed by atoms with van der Waals surface area (Å²) in [7, 11) is 0. The first kappa shape index (κ1) is 16.9. The zero-order chi connectivity index (χ0) is 14.0. The first-order chi connectivity index (χ1) is 8.54. The van der Waals surface area contributed by atoms with E-state index in [2.05, 4.69) is 12.2 Å². The molecular formula is C13H26N2O3. The SMILES string of the molecule is CCCC(CCN)CCC(=O)N[C@H](CC)C(=O)O. The largest absolute Gasteiger partial charge is 0.480 e. The van der Waals surface area contributed by atoms with Gasteiger partial charge in [-0.3, -0.25) is 4.79 Å². The highest BCUT2D eigenvalue weighted by atomic mass is 16.4. The van der Waals surface area contributed by atoms with E-state index in [1.54, 1.807) is 6.92 Å². The minimum atomic E-state index is -0.974. The van der Waals surface area contributed by atoms with Gasteiger partial charge in [-0.05, 0) is 31.7 Å². The van der Waals surface area contributed by atoms with E-state index in [1.807, 2.05) is 0 Å². The van der Waals surface area contributed by atoms with Crippen LogP contribution in [0.15, 0.2) is 0 Å². The molecule has 0 aromatic carbocycles. The number of nitrogens with two attached hydrogens (primary N) is 1. The Kier molecular flexibility index (Phi) is 9.28. The van der Waals surface area contributed by atoms with Crippen molar-refractivity contribution in [3.05, 3.63) is 0 Å². The third-order valence-corrected chi connectivity index (χ3v) is 3.09. The molecule has 0 aliphatic carbocycles. The highest BCUT2D eigenvalue weighted by Crippen LogP contribution is 2.16. The van der Waals surface area contributed by atoms with Gasteiger partial charge in [0.1, 0.15) is 6.04 Å². The van der Waals surface area contributed by atoms with E-state index in [-0.39, 0.29) is 5.91 Å². The Hall–Kier alpha value is -1.10. The number of aliphatic carboxylic acids is 1. The Bertz CT molecular complexity index is 251. The van der Waals surface area contributed by atoms with Crippen LogP contribution in [0.1, 0.15) is 52.4 Å². The Balaban J connectivity index is 4.02. The summed E-state index contributed by atoms with van der Waals surface area (Å²) in [4.78, 5) is 22.4. The third-order valence-electron chi connectivity index (χ3n) is 3.09. The van der Waals surface area contributed by atoms with Gasteiger partial charge in [0.15, 0.2) is 0 Å². The molecule has 0 spiro atoms. The molecule has 106 valence electrons. The molecule has 0 rings (SSSR count). The quantitative estimate of drug-likeness (QED) is 0.554. The number of carboxylic acid groups (broad SMARTS) is 1. The van der Waals surface area contributed by atoms with Crippen LogP contribution in [0.5, 0.6) is 0 Å². The molecule has 5 heteroatoms. The number of amides is 1. The number of nitrogens with one attached hydrogen (secondary N) is 1. The Labute approximate surface area is 109 Å². The summed E-state index contributed by atoms with van der Waals surface area (Å²) in [6, 6.07) is -0.767. The summed E-state index contributed by atoms with van der Waals surface area (Å²) < 4.78 is 0. The van der Waals surface area contributed by atoms with Crippen LogP contribution in [0, 0.1) is 5.92 Å². The van der Waals surface area contributed by atoms with Crippen LogP contribution >= 0.6 is 0 Å². The molecule has 0 bridgehead atoms. The van der Waals surface area contributed by atoms with Gasteiger partial charge in [0.05, 0.1) is 0 Å². The topological polar surface area (TPSA) is 92.4 Å². The molecule has 0 aromatic heterocycles. The van der Waals surface area contributed by atoms with Gasteiger partial charge < -0.3 is 16.2 Å². The van der Waals surface area contributed by atoms with Crippen LogP contribution in [-0.2, 0) is 9.59 Å². The van der Waals surface area contributed by atoms with E-state index in [1.165, 1.54) is 0 Å². The lowest BCUT2D eigenvalue weighted by molar-refractivity contribution is -0.141. The van der Waals surface area contributed by atoms with Gasteiger partial charge >= 0.3 is 5.97 Å². The molecule has 1 unspecified atom stereocenters. The Morgan fingerprint density at radius 1 is 1.22 bits per heavy atom. The summed E-state index contributed by atoms with van der Waals surface area (Å²) in [6.07, 6.45) is 4.65. The Morgan fingerprint density at radius 3 is 2.33 bits per heavy atom. The van der Waals surface area contributed by atoms with Crippen molar-refractivity contribution in [2.24, 2.45) is 11.7 Å². The summed E-state index contributed by atoms with van der Waals surface area (Å²) in [5, 5.41) is 11.4. The molecule has 0 aliphatic rings. The van der Waals surface area contributed by atoms with E-state index in [0.29, 0.717) is 25.3 Å². The molecule has 0 heterocycles. The monoisotopic (exact) mass is 258 g/mol. The first-order valence-electron chi connectivity index (χ1n) is 6.77. The first-order valence-corrected chi connectivity index (χ1v) is 6.77. The number of carbonyl (C=O) groups is 2. The number of carboxylic acids is 1. The van der Waals surface area contributed by atoms with Crippen molar-refractivity contribution in [2.45, 2.75) is 58.4 Å². The molecule has 18 heavy (non-hydrogen) atoms. The lowest BCUT2D eigenvalue weighted by Gasteiger charge is -2.16. The van der Waals surface area contributed by atoms with Gasteiger partial charge in [0.25, 0.3) is 0 Å². The van der Waals surface area contributed by atoms with Crippen molar-refractivity contribution >= 4 is 11.9 Å². The molecule has 0 radical (unpaired) electrons. The maximum absolute atomic E-state index is 11.6. The normalized spacial score (nSPS) is 13.9. The lowest BCUT2D eigenvalue weighted by atomic mass is 9.94. The molecule has 5 nitrogen and oxygen atoms in total. The molecule has 2 atom stereocenters. The predicted molar refractivity (Wildman–Crippen MR) is 71.2 cm³/mol. The minimum absolute atomic E-state index is 0.178. The van der Waals surface area contributed by atoms with Gasteiger partial charge in [-0.25, -0.2) is 4.79 Å². The molecule has 0 aliphatic heterocycles. The number of hydrogen-bond donors (Lipinski definition) is 3. The zero-order valence-corrected chi connectivity index (χ0v) is 11.4. The lowest BCUT2D eigenvalue weighted by Crippen LogP contribution is -2.40. The fourth-order valence-corrected chi connectivity index (χ4v) is 2.02. The highest BCUT2D eigenvalue weighted by Gasteiger charge is 2.18. The third kappa shape index (κ3) is 7.27. The molecule has 0 saturated heterocycles. The molecule has 0 aromatic rings. The summed E-state index contributed by atoms with van der Waals surface area (Å²) in [5.74, 6) is -0.684. The van der Waals surface area contributed by atoms with Crippen molar-refractivity contribution in [1.82, 2.24) is 5.32 Å². The van der Waals surface area contributed by atoms with E-state index in [9.17, 15) is 9.59 Å². The van der Waals surface area contributed by atoms with Gasteiger partial charge in [0, 0.05) is 6.42 Å². The molecule has 1 amide bonds. The summed E-state index contributed by atoms with van der Waals surface area (Å²) in [5.41, 5.74) is 5.53. The van der Waals surface area contributed by atoms with Crippen molar-refractivity contribution < 1.29 is 14.7 Å². The molecule has 0 fully saturated rings. The van der Waals surface area contributed by atoms with Crippen LogP contribution in [0.3, 0.4) is 0 Å². The van der Waals surface area contributed by atoms with Crippen LogP contribution in [0.25, 0.3) is 0 Å². The van der Waals surface area contributed by atoms with Gasteiger partial charge in [0.2, 0.25) is 5.91 Å². The highest BCUT2D eigenvalue weighted by molar-refractivity contribution is 5.83. The standard InChI is InChI=1S/C13H26N2O3/c1-3-5-10(8-9-14)6-7-12(16)15-11(4-2)13(17)18/h10-11H,3-9,14H2,1-2H3,(H,15,16)(H,17,18)/t10?,11-/m1/s1. The van der Waals surface area contributed by atoms with Crippen LogP contribution in [-0.4, -0.2) is 29.6 Å². The fraction of sp³-hybridized carbons (Fsp3) is 0.846. The minimum Gasteiger partial charge on any atom is -0.480 e. The maximum Gasteiger partial charge on any atom is 0.326 e. The Morgan fingerprint density at radius 2 is 1.89 bits per heavy atom. The second-order valence-electron chi connectivity index (χ2n) is 4.64. The van der Waals surface area contributed by atoms with E-state index >= 15 is 0 Å². The van der Waals surface area contributed by atoms with E-state index in [4.69, 9.17) is 10.8 Å². The fourth-order valence-electron chi connectivity index (χ4n) is 2.02. The van der Waals surface area contributed by atoms with Gasteiger partial charge in [-0.15, -0.1) is 0 Å². The van der Waals surface area contributed by atoms with Crippen LogP contribution in [0.4, 0.5) is 0 Å².